The van der Waals surface area contributed by atoms with Crippen molar-refractivity contribution in [3.8, 4) is 0 Å². The summed E-state index contributed by atoms with van der Waals surface area (Å²) in [6.07, 6.45) is -11.8. The lowest BCUT2D eigenvalue weighted by Gasteiger charge is -2.48. The van der Waals surface area contributed by atoms with Crippen molar-refractivity contribution >= 4 is 5.78 Å². The topological polar surface area (TPSA) is 245 Å². The van der Waals surface area contributed by atoms with Gasteiger partial charge in [-0.3, -0.25) is 4.79 Å². The van der Waals surface area contributed by atoms with Gasteiger partial charge in [0.15, 0.2) is 18.4 Å². The maximum absolute atomic E-state index is 11.8. The van der Waals surface area contributed by atoms with Gasteiger partial charge < -0.3 is 67.0 Å². The van der Waals surface area contributed by atoms with Crippen molar-refractivity contribution in [1.82, 2.24) is 5.32 Å². The van der Waals surface area contributed by atoms with E-state index in [0.717, 1.165) is 0 Å². The molecule has 2 saturated heterocycles. The number of carbonyl (C=O) groups excluding carboxylic acids is 1. The van der Waals surface area contributed by atoms with Gasteiger partial charge in [-0.25, -0.2) is 0 Å². The molecule has 2 aliphatic heterocycles. The molecule has 0 aromatic carbocycles. The smallest absolute Gasteiger partial charge is 0.185 e. The summed E-state index contributed by atoms with van der Waals surface area (Å²) in [6, 6.07) is -3.55. The number of likely N-dealkylation sites (N-methyl/N-ethyl adjacent to an activating group) is 1. The predicted molar refractivity (Wildman–Crippen MR) is 115 cm³/mol. The summed E-state index contributed by atoms with van der Waals surface area (Å²) in [7, 11) is 1.57. The first-order chi connectivity index (χ1) is 15.8. The fourth-order valence-corrected chi connectivity index (χ4v) is 4.86. The highest BCUT2D eigenvalue weighted by Gasteiger charge is 2.52. The molecule has 3 rings (SSSR count). The van der Waals surface area contributed by atoms with Gasteiger partial charge >= 0.3 is 0 Å². The molecular weight excluding hydrogens is 456 g/mol. The Kier molecular flexibility index (Phi) is 8.68. The van der Waals surface area contributed by atoms with Gasteiger partial charge in [-0.15, -0.1) is 0 Å². The van der Waals surface area contributed by atoms with E-state index in [4.69, 9.17) is 36.1 Å². The van der Waals surface area contributed by atoms with Crippen LogP contribution >= 0.6 is 0 Å². The third-order valence-electron chi connectivity index (χ3n) is 6.84. The largest absolute Gasteiger partial charge is 0.388 e. The van der Waals surface area contributed by atoms with Crippen LogP contribution in [-0.4, -0.2) is 130 Å². The molecule has 0 unspecified atom stereocenters. The van der Waals surface area contributed by atoms with Crippen LogP contribution in [0.1, 0.15) is 20.3 Å². The number of nitrogens with two attached hydrogens (primary N) is 3. The van der Waals surface area contributed by atoms with E-state index >= 15 is 0 Å². The Labute approximate surface area is 197 Å². The number of hydrogen-bond acceptors (Lipinski definition) is 14. The monoisotopic (exact) mass is 494 g/mol. The quantitative estimate of drug-likeness (QED) is 0.167. The van der Waals surface area contributed by atoms with Crippen molar-refractivity contribution in [3.05, 3.63) is 0 Å². The SMILES string of the molecule is CN[C@@H]1[C@@H](O)[C@@H](O[C@@H]2[C@@H](O)[C@H](O[C@H]3O[C@H](C(C)=O)[C@@H](O)[C@H](O)[C@H]3N)[C@@H](N)C[C@H]2N)OC[C@]1(C)O. The van der Waals surface area contributed by atoms with Crippen LogP contribution in [0.3, 0.4) is 0 Å². The number of hydrogen-bond donors (Lipinski definition) is 9. The van der Waals surface area contributed by atoms with E-state index in [2.05, 4.69) is 5.32 Å². The third kappa shape index (κ3) is 5.29. The van der Waals surface area contributed by atoms with Crippen molar-refractivity contribution in [3.63, 3.8) is 0 Å². The highest BCUT2D eigenvalue weighted by atomic mass is 16.7. The number of carbonyl (C=O) groups is 1. The van der Waals surface area contributed by atoms with Crippen LogP contribution in [0.2, 0.25) is 0 Å². The van der Waals surface area contributed by atoms with Crippen molar-refractivity contribution < 1.29 is 49.3 Å². The van der Waals surface area contributed by atoms with Gasteiger partial charge in [0.05, 0.1) is 18.7 Å². The van der Waals surface area contributed by atoms with Crippen molar-refractivity contribution in [1.29, 1.82) is 0 Å². The molecule has 2 heterocycles. The first-order valence-electron chi connectivity index (χ1n) is 11.3. The molecule has 0 radical (unpaired) electrons. The van der Waals surface area contributed by atoms with Crippen molar-refractivity contribution in [2.75, 3.05) is 13.7 Å². The summed E-state index contributed by atoms with van der Waals surface area (Å²) >= 11 is 0. The van der Waals surface area contributed by atoms with Crippen LogP contribution in [-0.2, 0) is 23.7 Å². The lowest BCUT2D eigenvalue weighted by molar-refractivity contribution is -0.312. The van der Waals surface area contributed by atoms with E-state index < -0.39 is 90.9 Å². The molecule has 0 bridgehead atoms. The second-order valence-corrected chi connectivity index (χ2v) is 9.64. The summed E-state index contributed by atoms with van der Waals surface area (Å²) in [5.74, 6) is -0.540. The molecule has 1 aliphatic carbocycles. The maximum atomic E-state index is 11.8. The second-order valence-electron chi connectivity index (χ2n) is 9.64. The van der Waals surface area contributed by atoms with Gasteiger partial charge in [0.25, 0.3) is 0 Å². The van der Waals surface area contributed by atoms with E-state index in [1.54, 1.807) is 7.05 Å². The molecule has 3 fully saturated rings. The van der Waals surface area contributed by atoms with Gasteiger partial charge in [-0.2, -0.15) is 0 Å². The zero-order valence-electron chi connectivity index (χ0n) is 19.4. The maximum Gasteiger partial charge on any atom is 0.185 e. The fourth-order valence-electron chi connectivity index (χ4n) is 4.86. The summed E-state index contributed by atoms with van der Waals surface area (Å²) in [5, 5.41) is 55.2. The molecular formula is C20H38N4O10. The number of ether oxygens (including phenoxy) is 4. The molecule has 34 heavy (non-hydrogen) atoms. The molecule has 0 amide bonds. The van der Waals surface area contributed by atoms with Crippen LogP contribution in [0.5, 0.6) is 0 Å². The summed E-state index contributed by atoms with van der Waals surface area (Å²) < 4.78 is 22.6. The molecule has 0 aromatic heterocycles. The van der Waals surface area contributed by atoms with Crippen LogP contribution in [0, 0.1) is 0 Å². The number of ketones is 1. The van der Waals surface area contributed by atoms with E-state index in [1.165, 1.54) is 13.8 Å². The average molecular weight is 495 g/mol. The molecule has 1 saturated carbocycles. The van der Waals surface area contributed by atoms with Gasteiger partial charge in [0, 0.05) is 12.1 Å². The zero-order chi connectivity index (χ0) is 25.5. The van der Waals surface area contributed by atoms with Gasteiger partial charge in [-0.1, -0.05) is 0 Å². The Morgan fingerprint density at radius 2 is 1.53 bits per heavy atom. The Morgan fingerprint density at radius 3 is 2.06 bits per heavy atom. The number of nitrogens with one attached hydrogen (secondary N) is 1. The Bertz CT molecular complexity index is 717. The molecule has 198 valence electrons. The molecule has 0 aromatic rings. The highest BCUT2D eigenvalue weighted by Crippen LogP contribution is 2.31. The average Bonchev–Trinajstić information content (AvgIpc) is 2.75. The minimum absolute atomic E-state index is 0.144. The fraction of sp³-hybridized carbons (Fsp3) is 0.950. The van der Waals surface area contributed by atoms with Gasteiger partial charge in [-0.05, 0) is 27.3 Å². The van der Waals surface area contributed by atoms with Crippen molar-refractivity contribution in [2.24, 2.45) is 17.2 Å². The predicted octanol–water partition coefficient (Wildman–Crippen LogP) is -5.40. The van der Waals surface area contributed by atoms with E-state index in [0.29, 0.717) is 0 Å². The van der Waals surface area contributed by atoms with Crippen LogP contribution in [0.15, 0.2) is 0 Å². The lowest BCUT2D eigenvalue weighted by Crippen LogP contribution is -2.69. The normalized spacial score (nSPS) is 52.4. The molecule has 0 spiro atoms. The molecule has 14 nitrogen and oxygen atoms in total. The highest BCUT2D eigenvalue weighted by molar-refractivity contribution is 5.81. The zero-order valence-corrected chi connectivity index (χ0v) is 19.4. The Hall–Kier alpha value is -0.850. The summed E-state index contributed by atoms with van der Waals surface area (Å²) in [4.78, 5) is 11.8. The number of aliphatic hydroxyl groups excluding tert-OH is 4. The van der Waals surface area contributed by atoms with Crippen LogP contribution in [0.25, 0.3) is 0 Å². The molecule has 3 aliphatic rings. The minimum Gasteiger partial charge on any atom is -0.388 e. The van der Waals surface area contributed by atoms with Crippen LogP contribution in [0.4, 0.5) is 0 Å². The van der Waals surface area contributed by atoms with E-state index in [9.17, 15) is 30.3 Å². The molecule has 14 atom stereocenters. The molecule has 12 N–H and O–H groups in total. The minimum atomic E-state index is -1.54. The summed E-state index contributed by atoms with van der Waals surface area (Å²) in [6.45, 7) is 2.55. The number of rotatable bonds is 6. The van der Waals surface area contributed by atoms with E-state index in [1.807, 2.05) is 0 Å². The Balaban J connectivity index is 1.73. The summed E-state index contributed by atoms with van der Waals surface area (Å²) in [5.41, 5.74) is 16.9. The standard InChI is InChI=1S/C20H38N4O10/c1-6(25)14-11(27)10(26)9(23)18(32-14)33-15-7(21)4-8(22)16(12(15)28)34-19-13(29)17(24-3)20(2,30)5-31-19/h7-19,24,26-30H,4-5,21-23H2,1-3H3/t7-,8+,9+,10+,11-,12-,13+,14+,15+,16-,17+,18+,19+,20-/m0/s1. The van der Waals surface area contributed by atoms with Crippen LogP contribution < -0.4 is 22.5 Å². The second kappa shape index (κ2) is 10.6. The Morgan fingerprint density at radius 1 is 0.971 bits per heavy atom. The lowest BCUT2D eigenvalue weighted by atomic mass is 9.84. The molecule has 14 heteroatoms. The first kappa shape index (κ1) is 27.7. The van der Waals surface area contributed by atoms with Gasteiger partial charge in [0.2, 0.25) is 0 Å². The van der Waals surface area contributed by atoms with Crippen molar-refractivity contribution in [2.45, 2.75) is 105 Å². The van der Waals surface area contributed by atoms with Gasteiger partial charge in [0.1, 0.15) is 48.3 Å². The third-order valence-corrected chi connectivity index (χ3v) is 6.84. The first-order valence-corrected chi connectivity index (χ1v) is 11.3. The number of Topliss-reactive ketones (excluding diaryl/α,β-unsaturated/α-hetero) is 1. The number of aliphatic hydroxyl groups is 5. The van der Waals surface area contributed by atoms with E-state index in [-0.39, 0.29) is 13.0 Å².